The SMILES string of the molecule is CC.CC.CCCC1Oc2nc(C)cc3nc(C)nc(c23)NC1CC. The predicted octanol–water partition coefficient (Wildman–Crippen LogP) is 5.45. The molecule has 0 aromatic carbocycles. The van der Waals surface area contributed by atoms with Gasteiger partial charge in [0.25, 0.3) is 0 Å². The summed E-state index contributed by atoms with van der Waals surface area (Å²) in [7, 11) is 0. The molecule has 0 fully saturated rings. The molecule has 140 valence electrons. The molecule has 0 bridgehead atoms. The van der Waals surface area contributed by atoms with Gasteiger partial charge in [0, 0.05) is 5.69 Å². The van der Waals surface area contributed by atoms with Gasteiger partial charge in [-0.3, -0.25) is 0 Å². The fourth-order valence-electron chi connectivity index (χ4n) is 2.95. The van der Waals surface area contributed by atoms with Crippen molar-refractivity contribution < 1.29 is 4.74 Å². The van der Waals surface area contributed by atoms with Crippen molar-refractivity contribution in [3.05, 3.63) is 17.6 Å². The molecule has 0 radical (unpaired) electrons. The lowest BCUT2D eigenvalue weighted by Crippen LogP contribution is -2.36. The van der Waals surface area contributed by atoms with Crippen LogP contribution in [0.5, 0.6) is 5.88 Å². The first kappa shape index (κ1) is 21.1. The standard InChI is InChI=1S/C16H22N4O.2C2H6/c1-5-7-13-11(6-2)20-15-14-12(18-10(4)19-15)8-9(3)17-16(14)21-13;2*1-2/h8,11,13H,5-7H2,1-4H3,(H,18,19,20);2*1-2H3. The summed E-state index contributed by atoms with van der Waals surface area (Å²) in [6.45, 7) is 16.2. The Balaban J connectivity index is 0.000000730. The van der Waals surface area contributed by atoms with E-state index in [0.29, 0.717) is 5.88 Å². The number of hydrogen-bond acceptors (Lipinski definition) is 5. The molecule has 1 aliphatic rings. The summed E-state index contributed by atoms with van der Waals surface area (Å²) >= 11 is 0. The zero-order valence-corrected chi connectivity index (χ0v) is 17.1. The van der Waals surface area contributed by atoms with E-state index in [1.807, 2.05) is 47.6 Å². The van der Waals surface area contributed by atoms with Crippen LogP contribution in [-0.2, 0) is 0 Å². The molecular weight excluding hydrogens is 312 g/mol. The van der Waals surface area contributed by atoms with E-state index in [-0.39, 0.29) is 12.1 Å². The molecular formula is C20H34N4O. The molecule has 0 aliphatic carbocycles. The Morgan fingerprint density at radius 3 is 2.32 bits per heavy atom. The van der Waals surface area contributed by atoms with Crippen molar-refractivity contribution in [2.45, 2.75) is 86.8 Å². The van der Waals surface area contributed by atoms with Gasteiger partial charge in [0.2, 0.25) is 5.88 Å². The van der Waals surface area contributed by atoms with Gasteiger partial charge in [-0.25, -0.2) is 15.0 Å². The van der Waals surface area contributed by atoms with Crippen molar-refractivity contribution in [1.29, 1.82) is 0 Å². The quantitative estimate of drug-likeness (QED) is 0.801. The first-order valence-electron chi connectivity index (χ1n) is 9.71. The summed E-state index contributed by atoms with van der Waals surface area (Å²) in [6.07, 6.45) is 3.19. The van der Waals surface area contributed by atoms with Crippen LogP contribution < -0.4 is 10.1 Å². The van der Waals surface area contributed by atoms with E-state index in [1.54, 1.807) is 0 Å². The lowest BCUT2D eigenvalue weighted by atomic mass is 10.0. The minimum Gasteiger partial charge on any atom is -0.472 e. The third-order valence-corrected chi connectivity index (χ3v) is 3.93. The number of ether oxygens (including phenoxy) is 1. The highest BCUT2D eigenvalue weighted by molar-refractivity contribution is 5.94. The predicted molar refractivity (Wildman–Crippen MR) is 107 cm³/mol. The molecule has 0 spiro atoms. The van der Waals surface area contributed by atoms with E-state index in [0.717, 1.165) is 47.5 Å². The van der Waals surface area contributed by atoms with Gasteiger partial charge in [0.15, 0.2) is 0 Å². The Bertz CT molecular complexity index is 667. The molecule has 3 heterocycles. The van der Waals surface area contributed by atoms with Crippen LogP contribution in [0.15, 0.2) is 6.07 Å². The number of aryl methyl sites for hydroxylation is 2. The normalized spacial score (nSPS) is 17.9. The average Bonchev–Trinajstić information content (AvgIpc) is 2.75. The van der Waals surface area contributed by atoms with E-state index < -0.39 is 0 Å². The molecule has 2 aromatic rings. The van der Waals surface area contributed by atoms with Gasteiger partial charge >= 0.3 is 0 Å². The number of hydrogen-bond donors (Lipinski definition) is 1. The zero-order valence-electron chi connectivity index (χ0n) is 17.1. The van der Waals surface area contributed by atoms with Crippen molar-refractivity contribution in [2.24, 2.45) is 0 Å². The van der Waals surface area contributed by atoms with Crippen molar-refractivity contribution >= 4 is 16.7 Å². The maximum atomic E-state index is 6.24. The Hall–Kier alpha value is -1.91. The lowest BCUT2D eigenvalue weighted by Gasteiger charge is -2.24. The Kier molecular flexibility index (Phi) is 8.59. The third-order valence-electron chi connectivity index (χ3n) is 3.93. The second-order valence-electron chi connectivity index (χ2n) is 5.69. The summed E-state index contributed by atoms with van der Waals surface area (Å²) in [4.78, 5) is 13.7. The number of aromatic nitrogens is 3. The van der Waals surface area contributed by atoms with Crippen LogP contribution in [0.1, 0.15) is 72.3 Å². The molecule has 2 unspecified atom stereocenters. The number of anilines is 1. The number of nitrogens with one attached hydrogen (secondary N) is 1. The second kappa shape index (κ2) is 10.2. The van der Waals surface area contributed by atoms with E-state index in [1.165, 1.54) is 0 Å². The van der Waals surface area contributed by atoms with Gasteiger partial charge in [-0.05, 0) is 32.8 Å². The molecule has 2 aromatic heterocycles. The van der Waals surface area contributed by atoms with E-state index in [9.17, 15) is 0 Å². The molecule has 3 rings (SSSR count). The molecule has 0 amide bonds. The van der Waals surface area contributed by atoms with Crippen LogP contribution in [0, 0.1) is 13.8 Å². The van der Waals surface area contributed by atoms with Crippen molar-refractivity contribution in [1.82, 2.24) is 15.0 Å². The largest absolute Gasteiger partial charge is 0.472 e. The van der Waals surface area contributed by atoms with Crippen molar-refractivity contribution in [3.8, 4) is 5.88 Å². The Morgan fingerprint density at radius 2 is 1.72 bits per heavy atom. The molecule has 5 heteroatoms. The molecule has 25 heavy (non-hydrogen) atoms. The van der Waals surface area contributed by atoms with Crippen LogP contribution in [0.4, 0.5) is 5.82 Å². The van der Waals surface area contributed by atoms with Gasteiger partial charge in [0.1, 0.15) is 23.1 Å². The van der Waals surface area contributed by atoms with Crippen LogP contribution in [0.3, 0.4) is 0 Å². The fraction of sp³-hybridized carbons (Fsp3) is 0.650. The van der Waals surface area contributed by atoms with Gasteiger partial charge in [-0.2, -0.15) is 0 Å². The van der Waals surface area contributed by atoms with Gasteiger partial charge in [-0.15, -0.1) is 0 Å². The number of nitrogens with zero attached hydrogens (tertiary/aromatic N) is 3. The zero-order chi connectivity index (χ0) is 19.0. The molecule has 2 atom stereocenters. The summed E-state index contributed by atoms with van der Waals surface area (Å²) in [5.41, 5.74) is 1.83. The average molecular weight is 347 g/mol. The van der Waals surface area contributed by atoms with E-state index >= 15 is 0 Å². The van der Waals surface area contributed by atoms with Crippen LogP contribution in [-0.4, -0.2) is 27.1 Å². The second-order valence-corrected chi connectivity index (χ2v) is 5.69. The van der Waals surface area contributed by atoms with E-state index in [2.05, 4.69) is 34.1 Å². The number of rotatable bonds is 3. The topological polar surface area (TPSA) is 59.9 Å². The fourth-order valence-corrected chi connectivity index (χ4v) is 2.95. The first-order valence-corrected chi connectivity index (χ1v) is 9.71. The van der Waals surface area contributed by atoms with Crippen LogP contribution >= 0.6 is 0 Å². The minimum atomic E-state index is 0.118. The molecule has 1 aliphatic heterocycles. The van der Waals surface area contributed by atoms with Gasteiger partial charge < -0.3 is 10.1 Å². The summed E-state index contributed by atoms with van der Waals surface area (Å²) < 4.78 is 6.24. The molecule has 0 saturated carbocycles. The third kappa shape index (κ3) is 4.80. The Labute approximate surface area is 152 Å². The van der Waals surface area contributed by atoms with Crippen molar-refractivity contribution in [3.63, 3.8) is 0 Å². The van der Waals surface area contributed by atoms with E-state index in [4.69, 9.17) is 4.74 Å². The van der Waals surface area contributed by atoms with Gasteiger partial charge in [0.05, 0.1) is 11.6 Å². The molecule has 0 saturated heterocycles. The van der Waals surface area contributed by atoms with Crippen LogP contribution in [0.25, 0.3) is 10.9 Å². The highest BCUT2D eigenvalue weighted by atomic mass is 16.5. The Morgan fingerprint density at radius 1 is 1.04 bits per heavy atom. The first-order chi connectivity index (χ1) is 12.1. The molecule has 5 nitrogen and oxygen atoms in total. The lowest BCUT2D eigenvalue weighted by molar-refractivity contribution is 0.163. The highest BCUT2D eigenvalue weighted by Crippen LogP contribution is 2.34. The van der Waals surface area contributed by atoms with Gasteiger partial charge in [-0.1, -0.05) is 48.0 Å². The summed E-state index contributed by atoms with van der Waals surface area (Å²) in [5.74, 6) is 2.29. The monoisotopic (exact) mass is 346 g/mol. The summed E-state index contributed by atoms with van der Waals surface area (Å²) in [5, 5.41) is 4.46. The van der Waals surface area contributed by atoms with Crippen LogP contribution in [0.2, 0.25) is 0 Å². The highest BCUT2D eigenvalue weighted by Gasteiger charge is 2.28. The minimum absolute atomic E-state index is 0.118. The molecule has 1 N–H and O–H groups in total. The van der Waals surface area contributed by atoms with Crippen molar-refractivity contribution in [2.75, 3.05) is 5.32 Å². The summed E-state index contributed by atoms with van der Waals surface area (Å²) in [6, 6.07) is 2.24. The smallest absolute Gasteiger partial charge is 0.227 e. The maximum absolute atomic E-state index is 6.24. The number of pyridine rings is 1. The maximum Gasteiger partial charge on any atom is 0.227 e.